The molecule has 9 nitrogen and oxygen atoms in total. The molecule has 3 aromatic heterocycles. The van der Waals surface area contributed by atoms with Crippen LogP contribution < -0.4 is 16.6 Å². The zero-order valence-corrected chi connectivity index (χ0v) is 17.4. The molecule has 1 N–H and O–H groups in total. The predicted octanol–water partition coefficient (Wildman–Crippen LogP) is 1.37. The fraction of sp³-hybridized carbons (Fsp3) is 0.421. The molecule has 1 amide bonds. The number of fused-ring (bicyclic) bond motifs is 1. The average molecular weight is 417 g/mol. The number of amides is 1. The molecule has 154 valence electrons. The van der Waals surface area contributed by atoms with E-state index in [2.05, 4.69) is 22.2 Å². The van der Waals surface area contributed by atoms with E-state index < -0.39 is 11.2 Å². The van der Waals surface area contributed by atoms with Crippen molar-refractivity contribution < 1.29 is 9.21 Å². The van der Waals surface area contributed by atoms with Crippen molar-refractivity contribution in [2.75, 3.05) is 5.75 Å². The molecule has 0 aliphatic heterocycles. The summed E-state index contributed by atoms with van der Waals surface area (Å²) in [5.41, 5.74) is -0.629. The SMILES string of the molecule is CCCCc1nc(SCC(=O)NCc2ccco2)c2c(=O)n(C)c(=O)n(C)c2n1. The molecule has 0 radical (unpaired) electrons. The fourth-order valence-corrected chi connectivity index (χ4v) is 3.67. The highest BCUT2D eigenvalue weighted by molar-refractivity contribution is 8.00. The lowest BCUT2D eigenvalue weighted by Gasteiger charge is -2.11. The predicted molar refractivity (Wildman–Crippen MR) is 110 cm³/mol. The number of rotatable bonds is 8. The van der Waals surface area contributed by atoms with Crippen molar-refractivity contribution in [3.05, 3.63) is 50.8 Å². The van der Waals surface area contributed by atoms with Gasteiger partial charge in [0.05, 0.1) is 18.6 Å². The lowest BCUT2D eigenvalue weighted by atomic mass is 10.2. The van der Waals surface area contributed by atoms with E-state index in [-0.39, 0.29) is 29.2 Å². The first-order valence-electron chi connectivity index (χ1n) is 9.30. The van der Waals surface area contributed by atoms with Gasteiger partial charge in [0.15, 0.2) is 5.65 Å². The molecular weight excluding hydrogens is 394 g/mol. The number of furan rings is 1. The lowest BCUT2D eigenvalue weighted by molar-refractivity contribution is -0.118. The van der Waals surface area contributed by atoms with Crippen LogP contribution in [0, 0.1) is 0 Å². The van der Waals surface area contributed by atoms with Crippen LogP contribution in [0.2, 0.25) is 0 Å². The first-order valence-corrected chi connectivity index (χ1v) is 10.3. The van der Waals surface area contributed by atoms with Crippen LogP contribution in [0.25, 0.3) is 11.0 Å². The number of carbonyl (C=O) groups is 1. The minimum atomic E-state index is -0.469. The largest absolute Gasteiger partial charge is 0.467 e. The number of hydrogen-bond acceptors (Lipinski definition) is 7. The Hall–Kier alpha value is -2.88. The second-order valence-electron chi connectivity index (χ2n) is 6.60. The third kappa shape index (κ3) is 4.58. The van der Waals surface area contributed by atoms with Crippen LogP contribution >= 0.6 is 11.8 Å². The molecule has 0 aliphatic rings. The van der Waals surface area contributed by atoms with E-state index in [4.69, 9.17) is 4.42 Å². The van der Waals surface area contributed by atoms with E-state index in [1.165, 1.54) is 11.6 Å². The van der Waals surface area contributed by atoms with Gasteiger partial charge < -0.3 is 9.73 Å². The summed E-state index contributed by atoms with van der Waals surface area (Å²) in [6.07, 6.45) is 4.03. The Labute approximate surface area is 171 Å². The number of unbranched alkanes of at least 4 members (excludes halogenated alkanes) is 1. The van der Waals surface area contributed by atoms with Gasteiger partial charge in [0.1, 0.15) is 22.0 Å². The molecule has 3 aromatic rings. The van der Waals surface area contributed by atoms with Gasteiger partial charge in [-0.2, -0.15) is 0 Å². The molecule has 0 fully saturated rings. The van der Waals surface area contributed by atoms with Crippen molar-refractivity contribution in [3.8, 4) is 0 Å². The minimum Gasteiger partial charge on any atom is -0.467 e. The van der Waals surface area contributed by atoms with E-state index in [0.29, 0.717) is 23.0 Å². The van der Waals surface area contributed by atoms with Crippen LogP contribution in [-0.4, -0.2) is 30.8 Å². The summed E-state index contributed by atoms with van der Waals surface area (Å²) in [7, 11) is 2.99. The zero-order valence-electron chi connectivity index (χ0n) is 16.6. The number of aryl methyl sites for hydroxylation is 2. The van der Waals surface area contributed by atoms with Crippen LogP contribution in [0.5, 0.6) is 0 Å². The molecule has 0 aromatic carbocycles. The molecule has 0 atom stereocenters. The van der Waals surface area contributed by atoms with Crippen molar-refractivity contribution in [2.24, 2.45) is 14.1 Å². The van der Waals surface area contributed by atoms with E-state index in [1.54, 1.807) is 25.4 Å². The van der Waals surface area contributed by atoms with Gasteiger partial charge in [-0.15, -0.1) is 0 Å². The third-order valence-electron chi connectivity index (χ3n) is 4.45. The highest BCUT2D eigenvalue weighted by Gasteiger charge is 2.18. The first-order chi connectivity index (χ1) is 13.9. The first kappa shape index (κ1) is 20.8. The van der Waals surface area contributed by atoms with Gasteiger partial charge in [-0.1, -0.05) is 25.1 Å². The van der Waals surface area contributed by atoms with E-state index >= 15 is 0 Å². The molecule has 10 heteroatoms. The highest BCUT2D eigenvalue weighted by atomic mass is 32.2. The summed E-state index contributed by atoms with van der Waals surface area (Å²) in [6, 6.07) is 3.52. The van der Waals surface area contributed by atoms with Gasteiger partial charge in [-0.25, -0.2) is 14.8 Å². The molecule has 0 saturated heterocycles. The van der Waals surface area contributed by atoms with Gasteiger partial charge in [-0.05, 0) is 18.6 Å². The smallest absolute Gasteiger partial charge is 0.332 e. The standard InChI is InChI=1S/C19H23N5O4S/c1-4-5-8-13-21-16-15(18(26)24(3)19(27)23(16)2)17(22-13)29-11-14(25)20-10-12-7-6-9-28-12/h6-7,9H,4-5,8,10-11H2,1-3H3,(H,20,25). The maximum absolute atomic E-state index is 12.7. The van der Waals surface area contributed by atoms with Crippen LogP contribution in [-0.2, 0) is 31.9 Å². The maximum Gasteiger partial charge on any atom is 0.332 e. The Balaban J connectivity index is 1.91. The summed E-state index contributed by atoms with van der Waals surface area (Å²) < 4.78 is 7.56. The van der Waals surface area contributed by atoms with Crippen LogP contribution in [0.15, 0.2) is 37.4 Å². The van der Waals surface area contributed by atoms with Gasteiger partial charge in [0.2, 0.25) is 5.91 Å². The van der Waals surface area contributed by atoms with Crippen molar-refractivity contribution in [3.63, 3.8) is 0 Å². The Morgan fingerprint density at radius 2 is 2.03 bits per heavy atom. The number of nitrogens with one attached hydrogen (secondary N) is 1. The second-order valence-corrected chi connectivity index (χ2v) is 7.56. The highest BCUT2D eigenvalue weighted by Crippen LogP contribution is 2.22. The number of aromatic nitrogens is 4. The summed E-state index contributed by atoms with van der Waals surface area (Å²) in [6.45, 7) is 2.35. The minimum absolute atomic E-state index is 0.0754. The fourth-order valence-electron chi connectivity index (χ4n) is 2.81. The van der Waals surface area contributed by atoms with E-state index in [9.17, 15) is 14.4 Å². The molecule has 3 heterocycles. The van der Waals surface area contributed by atoms with Crippen LogP contribution in [0.1, 0.15) is 31.4 Å². The van der Waals surface area contributed by atoms with E-state index in [1.807, 2.05) is 0 Å². The molecule has 0 saturated carbocycles. The monoisotopic (exact) mass is 417 g/mol. The Kier molecular flexibility index (Phi) is 6.53. The second kappa shape index (κ2) is 9.08. The average Bonchev–Trinajstić information content (AvgIpc) is 3.25. The summed E-state index contributed by atoms with van der Waals surface area (Å²) in [5.74, 6) is 1.07. The van der Waals surface area contributed by atoms with Gasteiger partial charge in [0.25, 0.3) is 5.56 Å². The Bertz CT molecular complexity index is 1130. The Morgan fingerprint density at radius 1 is 1.24 bits per heavy atom. The van der Waals surface area contributed by atoms with Crippen molar-refractivity contribution >= 4 is 28.7 Å². The molecular formula is C19H23N5O4S. The van der Waals surface area contributed by atoms with Gasteiger partial charge in [-0.3, -0.25) is 18.7 Å². The normalized spacial score (nSPS) is 11.1. The molecule has 0 spiro atoms. The van der Waals surface area contributed by atoms with E-state index in [0.717, 1.165) is 29.2 Å². The van der Waals surface area contributed by atoms with Crippen molar-refractivity contribution in [1.82, 2.24) is 24.4 Å². The quantitative estimate of drug-likeness (QED) is 0.435. The number of hydrogen-bond donors (Lipinski definition) is 1. The zero-order chi connectivity index (χ0) is 21.0. The summed E-state index contributed by atoms with van der Waals surface area (Å²) in [5, 5.41) is 3.42. The molecule has 0 aliphatic carbocycles. The van der Waals surface area contributed by atoms with Gasteiger partial charge >= 0.3 is 5.69 Å². The molecule has 0 bridgehead atoms. The molecule has 3 rings (SSSR count). The summed E-state index contributed by atoms with van der Waals surface area (Å²) in [4.78, 5) is 46.2. The number of thioether (sulfide) groups is 1. The Morgan fingerprint density at radius 3 is 2.72 bits per heavy atom. The third-order valence-corrected chi connectivity index (χ3v) is 5.42. The number of nitrogens with zero attached hydrogens (tertiary/aromatic N) is 4. The van der Waals surface area contributed by atoms with Crippen LogP contribution in [0.3, 0.4) is 0 Å². The van der Waals surface area contributed by atoms with Gasteiger partial charge in [0, 0.05) is 20.5 Å². The molecule has 0 unspecified atom stereocenters. The van der Waals surface area contributed by atoms with Crippen molar-refractivity contribution in [2.45, 2.75) is 37.8 Å². The topological polar surface area (TPSA) is 112 Å². The molecule has 29 heavy (non-hydrogen) atoms. The lowest BCUT2D eigenvalue weighted by Crippen LogP contribution is -2.38. The summed E-state index contributed by atoms with van der Waals surface area (Å²) >= 11 is 1.16. The van der Waals surface area contributed by atoms with Crippen LogP contribution in [0.4, 0.5) is 0 Å². The number of carbonyl (C=O) groups excluding carboxylic acids is 1. The van der Waals surface area contributed by atoms with Crippen molar-refractivity contribution in [1.29, 1.82) is 0 Å². The maximum atomic E-state index is 12.7.